The van der Waals surface area contributed by atoms with Gasteiger partial charge in [0.15, 0.2) is 0 Å². The molecule has 0 aliphatic carbocycles. The smallest absolute Gasteiger partial charge is 0.327 e. The van der Waals surface area contributed by atoms with Gasteiger partial charge in [-0.15, -0.1) is 0 Å². The highest BCUT2D eigenvalue weighted by Crippen LogP contribution is 2.21. The molecule has 1 atom stereocenters. The van der Waals surface area contributed by atoms with Crippen LogP contribution < -0.4 is 0 Å². The standard InChI is InChI=1S/C13H22N2O4S/c1-2-19-10-3-5-14(6-4-10)13(18)15-7-8-20-9-11(15)12(16)17/h10-11H,2-9H2,1H3,(H,16,17). The molecule has 6 nitrogen and oxygen atoms in total. The number of ether oxygens (including phenoxy) is 1. The van der Waals surface area contributed by atoms with Gasteiger partial charge >= 0.3 is 12.0 Å². The molecule has 2 heterocycles. The second-order valence-electron chi connectivity index (χ2n) is 5.05. The zero-order chi connectivity index (χ0) is 14.5. The second kappa shape index (κ2) is 7.17. The van der Waals surface area contributed by atoms with E-state index in [1.165, 1.54) is 4.90 Å². The minimum atomic E-state index is -0.908. The van der Waals surface area contributed by atoms with Crippen LogP contribution in [0.1, 0.15) is 19.8 Å². The summed E-state index contributed by atoms with van der Waals surface area (Å²) in [6, 6.07) is -0.821. The van der Waals surface area contributed by atoms with Crippen molar-refractivity contribution in [2.75, 3.05) is 37.7 Å². The van der Waals surface area contributed by atoms with Gasteiger partial charge in [0.2, 0.25) is 0 Å². The average Bonchev–Trinajstić information content (AvgIpc) is 2.47. The number of hydrogen-bond donors (Lipinski definition) is 1. The van der Waals surface area contributed by atoms with E-state index in [1.54, 1.807) is 16.7 Å². The highest BCUT2D eigenvalue weighted by molar-refractivity contribution is 7.99. The van der Waals surface area contributed by atoms with Crippen molar-refractivity contribution in [1.29, 1.82) is 0 Å². The highest BCUT2D eigenvalue weighted by atomic mass is 32.2. The fourth-order valence-electron chi connectivity index (χ4n) is 2.67. The van der Waals surface area contributed by atoms with Crippen molar-refractivity contribution >= 4 is 23.8 Å². The summed E-state index contributed by atoms with van der Waals surface area (Å²) in [6.07, 6.45) is 1.90. The molecule has 2 fully saturated rings. The van der Waals surface area contributed by atoms with E-state index < -0.39 is 12.0 Å². The number of carbonyl (C=O) groups is 2. The minimum absolute atomic E-state index is 0.132. The molecule has 0 bridgehead atoms. The number of amides is 2. The number of nitrogens with zero attached hydrogens (tertiary/aromatic N) is 2. The van der Waals surface area contributed by atoms with Crippen molar-refractivity contribution in [3.8, 4) is 0 Å². The Hall–Kier alpha value is -0.950. The molecule has 0 spiro atoms. The zero-order valence-electron chi connectivity index (χ0n) is 11.8. The van der Waals surface area contributed by atoms with Crippen molar-refractivity contribution in [3.63, 3.8) is 0 Å². The molecule has 2 aliphatic heterocycles. The molecule has 2 saturated heterocycles. The van der Waals surface area contributed by atoms with Gasteiger partial charge in [-0.3, -0.25) is 0 Å². The number of piperidine rings is 1. The normalized spacial score (nSPS) is 24.8. The van der Waals surface area contributed by atoms with Crippen LogP contribution in [0.25, 0.3) is 0 Å². The molecule has 1 N–H and O–H groups in total. The fraction of sp³-hybridized carbons (Fsp3) is 0.846. The maximum atomic E-state index is 12.5. The number of carboxylic acid groups (broad SMARTS) is 1. The lowest BCUT2D eigenvalue weighted by atomic mass is 10.1. The Morgan fingerprint density at radius 2 is 2.00 bits per heavy atom. The molecule has 7 heteroatoms. The number of carboxylic acids is 1. The third-order valence-electron chi connectivity index (χ3n) is 3.77. The van der Waals surface area contributed by atoms with Crippen molar-refractivity contribution in [3.05, 3.63) is 0 Å². The van der Waals surface area contributed by atoms with Gasteiger partial charge in [0.05, 0.1) is 6.10 Å². The molecule has 2 aliphatic rings. The van der Waals surface area contributed by atoms with Crippen LogP contribution >= 0.6 is 11.8 Å². The lowest BCUT2D eigenvalue weighted by molar-refractivity contribution is -0.141. The summed E-state index contributed by atoms with van der Waals surface area (Å²) < 4.78 is 5.57. The van der Waals surface area contributed by atoms with Crippen LogP contribution in [0.3, 0.4) is 0 Å². The van der Waals surface area contributed by atoms with Crippen LogP contribution in [0.2, 0.25) is 0 Å². The SMILES string of the molecule is CCOC1CCN(C(=O)N2CCSCC2C(=O)O)CC1. The van der Waals surface area contributed by atoms with E-state index >= 15 is 0 Å². The molecular formula is C13H22N2O4S. The largest absolute Gasteiger partial charge is 0.480 e. The molecule has 0 aromatic carbocycles. The molecule has 0 aromatic heterocycles. The molecule has 114 valence electrons. The van der Waals surface area contributed by atoms with E-state index in [1.807, 2.05) is 6.92 Å². The molecule has 2 amide bonds. The van der Waals surface area contributed by atoms with Gasteiger partial charge in [-0.25, -0.2) is 9.59 Å². The predicted molar refractivity (Wildman–Crippen MR) is 77.1 cm³/mol. The molecule has 0 aromatic rings. The van der Waals surface area contributed by atoms with Crippen molar-refractivity contribution in [2.45, 2.75) is 31.9 Å². The quantitative estimate of drug-likeness (QED) is 0.845. The number of urea groups is 1. The van der Waals surface area contributed by atoms with E-state index in [0.29, 0.717) is 32.0 Å². The van der Waals surface area contributed by atoms with Gasteiger partial charge in [0.25, 0.3) is 0 Å². The highest BCUT2D eigenvalue weighted by Gasteiger charge is 2.35. The molecule has 2 rings (SSSR count). The Morgan fingerprint density at radius 3 is 2.60 bits per heavy atom. The third kappa shape index (κ3) is 3.58. The monoisotopic (exact) mass is 302 g/mol. The van der Waals surface area contributed by atoms with Gasteiger partial charge in [-0.2, -0.15) is 11.8 Å². The number of hydrogen-bond acceptors (Lipinski definition) is 4. The third-order valence-corrected chi connectivity index (χ3v) is 4.80. The Bertz CT molecular complexity index is 358. The molecule has 0 saturated carbocycles. The maximum Gasteiger partial charge on any atom is 0.327 e. The predicted octanol–water partition coefficient (Wildman–Crippen LogP) is 1.11. The lowest BCUT2D eigenvalue weighted by Gasteiger charge is -2.39. The first-order valence-electron chi connectivity index (χ1n) is 7.11. The summed E-state index contributed by atoms with van der Waals surface area (Å²) in [5.74, 6) is 0.385. The van der Waals surface area contributed by atoms with Crippen LogP contribution in [0.15, 0.2) is 0 Å². The molecule has 20 heavy (non-hydrogen) atoms. The molecule has 0 radical (unpaired) electrons. The number of carbonyl (C=O) groups excluding carboxylic acids is 1. The average molecular weight is 302 g/mol. The Balaban J connectivity index is 1.92. The summed E-state index contributed by atoms with van der Waals surface area (Å²) in [7, 11) is 0. The first kappa shape index (κ1) is 15.4. The summed E-state index contributed by atoms with van der Waals surface area (Å²) in [4.78, 5) is 27.0. The van der Waals surface area contributed by atoms with E-state index in [9.17, 15) is 14.7 Å². The Morgan fingerprint density at radius 1 is 1.30 bits per heavy atom. The first-order valence-corrected chi connectivity index (χ1v) is 8.26. The van der Waals surface area contributed by atoms with E-state index in [-0.39, 0.29) is 12.1 Å². The number of likely N-dealkylation sites (tertiary alicyclic amines) is 1. The molecule has 1 unspecified atom stereocenters. The van der Waals surface area contributed by atoms with Crippen molar-refractivity contribution in [2.24, 2.45) is 0 Å². The van der Waals surface area contributed by atoms with Crippen LogP contribution in [0.4, 0.5) is 4.79 Å². The summed E-state index contributed by atoms with van der Waals surface area (Å²) in [6.45, 7) is 4.49. The number of thioether (sulfide) groups is 1. The first-order chi connectivity index (χ1) is 9.63. The van der Waals surface area contributed by atoms with Crippen LogP contribution in [-0.4, -0.2) is 76.8 Å². The van der Waals surface area contributed by atoms with E-state index in [0.717, 1.165) is 18.6 Å². The Kier molecular flexibility index (Phi) is 5.54. The van der Waals surface area contributed by atoms with Gasteiger partial charge < -0.3 is 19.6 Å². The maximum absolute atomic E-state index is 12.5. The second-order valence-corrected chi connectivity index (χ2v) is 6.20. The lowest BCUT2D eigenvalue weighted by Crippen LogP contribution is -2.56. The zero-order valence-corrected chi connectivity index (χ0v) is 12.6. The van der Waals surface area contributed by atoms with Gasteiger partial charge in [0.1, 0.15) is 6.04 Å². The fourth-order valence-corrected chi connectivity index (χ4v) is 3.71. The summed E-state index contributed by atoms with van der Waals surface area (Å²) >= 11 is 1.59. The molecular weight excluding hydrogens is 280 g/mol. The minimum Gasteiger partial charge on any atom is -0.480 e. The Labute approximate surface area is 123 Å². The number of rotatable bonds is 3. The van der Waals surface area contributed by atoms with Crippen LogP contribution in [0.5, 0.6) is 0 Å². The van der Waals surface area contributed by atoms with Gasteiger partial charge in [0, 0.05) is 37.7 Å². The summed E-state index contributed by atoms with van der Waals surface area (Å²) in [5, 5.41) is 9.22. The van der Waals surface area contributed by atoms with Crippen molar-refractivity contribution in [1.82, 2.24) is 9.80 Å². The summed E-state index contributed by atoms with van der Waals surface area (Å²) in [5.41, 5.74) is 0. The van der Waals surface area contributed by atoms with Crippen LogP contribution in [-0.2, 0) is 9.53 Å². The van der Waals surface area contributed by atoms with Gasteiger partial charge in [-0.1, -0.05) is 0 Å². The van der Waals surface area contributed by atoms with Crippen LogP contribution in [0, 0.1) is 0 Å². The van der Waals surface area contributed by atoms with E-state index in [2.05, 4.69) is 0 Å². The van der Waals surface area contributed by atoms with E-state index in [4.69, 9.17) is 4.74 Å². The topological polar surface area (TPSA) is 70.1 Å². The van der Waals surface area contributed by atoms with Gasteiger partial charge in [-0.05, 0) is 19.8 Å². The number of aliphatic carboxylic acids is 1. The van der Waals surface area contributed by atoms with Crippen molar-refractivity contribution < 1.29 is 19.4 Å².